The van der Waals surface area contributed by atoms with Gasteiger partial charge in [0, 0.05) is 34.1 Å². The van der Waals surface area contributed by atoms with E-state index in [0.717, 1.165) is 80.4 Å². The number of benzene rings is 6. The van der Waals surface area contributed by atoms with E-state index < -0.39 is 0 Å². The number of aldehydes is 4. The van der Waals surface area contributed by atoms with E-state index in [1.54, 1.807) is 0 Å². The first-order valence-electron chi connectivity index (χ1n) is 15.9. The van der Waals surface area contributed by atoms with E-state index in [1.165, 1.54) is 11.1 Å². The Morgan fingerprint density at radius 2 is 0.667 bits per heavy atom. The molecule has 0 N–H and O–H groups in total. The van der Waals surface area contributed by atoms with Gasteiger partial charge in [-0.25, -0.2) is 0 Å². The molecule has 0 spiro atoms. The Morgan fingerprint density at radius 1 is 0.354 bits per heavy atom. The molecule has 0 saturated heterocycles. The van der Waals surface area contributed by atoms with Gasteiger partial charge < -0.3 is 0 Å². The highest BCUT2D eigenvalue weighted by atomic mass is 16.1. The largest absolute Gasteiger partial charge is 0.298 e. The normalized spacial score (nSPS) is 16.1. The summed E-state index contributed by atoms with van der Waals surface area (Å²) in [5.41, 5.74) is 13.4. The Morgan fingerprint density at radius 3 is 0.979 bits per heavy atom. The second-order valence-corrected chi connectivity index (χ2v) is 12.3. The molecule has 2 unspecified atom stereocenters. The summed E-state index contributed by atoms with van der Waals surface area (Å²) < 4.78 is 0. The van der Waals surface area contributed by atoms with Gasteiger partial charge in [0.25, 0.3) is 0 Å². The molecule has 0 saturated carbocycles. The lowest BCUT2D eigenvalue weighted by Crippen LogP contribution is -2.13. The van der Waals surface area contributed by atoms with E-state index in [9.17, 15) is 19.2 Å². The van der Waals surface area contributed by atoms with E-state index in [-0.39, 0.29) is 11.8 Å². The minimum absolute atomic E-state index is 0.0881. The summed E-state index contributed by atoms with van der Waals surface area (Å²) in [6.45, 7) is 0. The zero-order valence-corrected chi connectivity index (χ0v) is 25.8. The van der Waals surface area contributed by atoms with Crippen molar-refractivity contribution in [2.45, 2.75) is 11.8 Å². The predicted molar refractivity (Wildman–Crippen MR) is 189 cm³/mol. The maximum absolute atomic E-state index is 11.5. The smallest absolute Gasteiger partial charge is 0.150 e. The fourth-order valence-corrected chi connectivity index (χ4v) is 7.31. The van der Waals surface area contributed by atoms with Crippen LogP contribution in [0.1, 0.15) is 97.8 Å². The lowest BCUT2D eigenvalue weighted by molar-refractivity contribution is 0.111. The molecular weight excluding hydrogens is 592 g/mol. The average molecular weight is 621 g/mol. The summed E-state index contributed by atoms with van der Waals surface area (Å²) in [5.74, 6) is -0.176. The first-order chi connectivity index (χ1) is 23.6. The van der Waals surface area contributed by atoms with Crippen molar-refractivity contribution in [2.75, 3.05) is 0 Å². The molecule has 0 aromatic heterocycles. The van der Waals surface area contributed by atoms with Gasteiger partial charge in [0.2, 0.25) is 0 Å². The summed E-state index contributed by atoms with van der Waals surface area (Å²) in [5, 5.41) is 2.33. The first kappa shape index (κ1) is 29.2. The SMILES string of the molecule is O=Cc1ccc(C2=CC(c3ccc(C=O)cc3)c3ccc4c5c(ccc2c35)C(c2ccc(C=O)cc2)=CC4c2ccc(C=O)cc2)cc1. The first-order valence-corrected chi connectivity index (χ1v) is 15.9. The lowest BCUT2D eigenvalue weighted by Gasteiger charge is -2.32. The molecule has 0 fully saturated rings. The van der Waals surface area contributed by atoms with E-state index >= 15 is 0 Å². The molecule has 4 heteroatoms. The molecule has 6 aromatic carbocycles. The molecule has 2 aliphatic carbocycles. The Hall–Kier alpha value is -6.26. The second kappa shape index (κ2) is 11.8. The summed E-state index contributed by atoms with van der Waals surface area (Å²) in [6.07, 6.45) is 8.01. The van der Waals surface area contributed by atoms with Crippen LogP contribution < -0.4 is 0 Å². The van der Waals surface area contributed by atoms with Crippen molar-refractivity contribution >= 4 is 47.1 Å². The van der Waals surface area contributed by atoms with Crippen molar-refractivity contribution in [3.63, 3.8) is 0 Å². The topological polar surface area (TPSA) is 68.3 Å². The molecule has 8 rings (SSSR count). The standard InChI is InChI=1S/C44H28O4/c45-23-27-1-9-31(10-2-27)39-21-40(32-11-3-28(24-46)4-12-32)36-19-20-38-42(34-15-7-30(26-48)8-16-34)22-41(33-13-5-29(25-47)6-14-33)37-18-17-35(39)43(36)44(37)38/h1-26,39,41H. The van der Waals surface area contributed by atoms with Gasteiger partial charge in [0.15, 0.2) is 0 Å². The molecule has 6 aromatic rings. The van der Waals surface area contributed by atoms with Crippen LogP contribution >= 0.6 is 0 Å². The molecule has 0 aliphatic heterocycles. The van der Waals surface area contributed by atoms with Crippen LogP contribution in [0.2, 0.25) is 0 Å². The third-order valence-corrected chi connectivity index (χ3v) is 9.72. The van der Waals surface area contributed by atoms with Gasteiger partial charge in [-0.1, -0.05) is 133 Å². The van der Waals surface area contributed by atoms with Gasteiger partial charge >= 0.3 is 0 Å². The number of carbonyl (C=O) groups is 4. The van der Waals surface area contributed by atoms with Crippen LogP contribution in [0.25, 0.3) is 21.9 Å². The number of allylic oxidation sites excluding steroid dienone is 2. The van der Waals surface area contributed by atoms with Crippen molar-refractivity contribution in [1.29, 1.82) is 0 Å². The molecule has 228 valence electrons. The van der Waals surface area contributed by atoms with Gasteiger partial charge in [-0.05, 0) is 66.4 Å². The third kappa shape index (κ3) is 4.78. The summed E-state index contributed by atoms with van der Waals surface area (Å²) in [6, 6.07) is 39.8. The summed E-state index contributed by atoms with van der Waals surface area (Å²) in [7, 11) is 0. The fourth-order valence-electron chi connectivity index (χ4n) is 7.31. The molecule has 48 heavy (non-hydrogen) atoms. The second-order valence-electron chi connectivity index (χ2n) is 12.3. The Kier molecular flexibility index (Phi) is 7.19. The van der Waals surface area contributed by atoms with Crippen LogP contribution in [0.3, 0.4) is 0 Å². The van der Waals surface area contributed by atoms with Crippen molar-refractivity contribution in [3.05, 3.63) is 200 Å². The van der Waals surface area contributed by atoms with Crippen molar-refractivity contribution < 1.29 is 19.2 Å². The van der Waals surface area contributed by atoms with E-state index in [0.29, 0.717) is 22.3 Å². The Balaban J connectivity index is 1.42. The monoisotopic (exact) mass is 620 g/mol. The predicted octanol–water partition coefficient (Wildman–Crippen LogP) is 9.24. The lowest BCUT2D eigenvalue weighted by atomic mass is 9.71. The van der Waals surface area contributed by atoms with Crippen LogP contribution in [-0.2, 0) is 0 Å². The molecule has 0 heterocycles. The van der Waals surface area contributed by atoms with Crippen LogP contribution in [-0.4, -0.2) is 25.1 Å². The molecule has 2 atom stereocenters. The fraction of sp³-hybridized carbons (Fsp3) is 0.0455. The maximum atomic E-state index is 11.5. The zero-order chi connectivity index (χ0) is 32.8. The highest BCUT2D eigenvalue weighted by molar-refractivity contribution is 6.11. The van der Waals surface area contributed by atoms with Crippen LogP contribution in [0, 0.1) is 0 Å². The van der Waals surface area contributed by atoms with Crippen LogP contribution in [0.5, 0.6) is 0 Å². The van der Waals surface area contributed by atoms with Crippen molar-refractivity contribution in [1.82, 2.24) is 0 Å². The van der Waals surface area contributed by atoms with Gasteiger partial charge in [0.1, 0.15) is 25.1 Å². The molecular formula is C44H28O4. The number of hydrogen-bond acceptors (Lipinski definition) is 4. The van der Waals surface area contributed by atoms with Gasteiger partial charge in [-0.15, -0.1) is 0 Å². The van der Waals surface area contributed by atoms with E-state index in [4.69, 9.17) is 0 Å². The Labute approximate surface area is 277 Å². The summed E-state index contributed by atoms with van der Waals surface area (Å²) >= 11 is 0. The van der Waals surface area contributed by atoms with Crippen molar-refractivity contribution in [3.8, 4) is 0 Å². The average Bonchev–Trinajstić information content (AvgIpc) is 3.16. The van der Waals surface area contributed by atoms with Crippen LogP contribution in [0.4, 0.5) is 0 Å². The molecule has 4 nitrogen and oxygen atoms in total. The quantitative estimate of drug-likeness (QED) is 0.159. The number of carbonyl (C=O) groups excluding carboxylic acids is 4. The van der Waals surface area contributed by atoms with Gasteiger partial charge in [0.05, 0.1) is 0 Å². The highest BCUT2D eigenvalue weighted by Crippen LogP contribution is 2.51. The maximum Gasteiger partial charge on any atom is 0.150 e. The number of hydrogen-bond donors (Lipinski definition) is 0. The Bertz CT molecular complexity index is 2160. The number of rotatable bonds is 8. The third-order valence-electron chi connectivity index (χ3n) is 9.72. The van der Waals surface area contributed by atoms with Crippen LogP contribution in [0.15, 0.2) is 133 Å². The summed E-state index contributed by atoms with van der Waals surface area (Å²) in [4.78, 5) is 46.0. The van der Waals surface area contributed by atoms with Crippen molar-refractivity contribution in [2.24, 2.45) is 0 Å². The minimum atomic E-state index is -0.0881. The van der Waals surface area contributed by atoms with E-state index in [1.807, 2.05) is 97.1 Å². The van der Waals surface area contributed by atoms with Gasteiger partial charge in [-0.3, -0.25) is 19.2 Å². The minimum Gasteiger partial charge on any atom is -0.298 e. The molecule has 0 radical (unpaired) electrons. The molecule has 0 bridgehead atoms. The molecule has 0 amide bonds. The van der Waals surface area contributed by atoms with E-state index in [2.05, 4.69) is 36.4 Å². The highest BCUT2D eigenvalue weighted by Gasteiger charge is 2.31. The zero-order valence-electron chi connectivity index (χ0n) is 25.8. The van der Waals surface area contributed by atoms with Gasteiger partial charge in [-0.2, -0.15) is 0 Å². The molecule has 2 aliphatic rings.